The van der Waals surface area contributed by atoms with E-state index in [1.807, 2.05) is 0 Å². The van der Waals surface area contributed by atoms with Crippen LogP contribution in [0, 0.1) is 0 Å². The summed E-state index contributed by atoms with van der Waals surface area (Å²) in [5.41, 5.74) is 0. The van der Waals surface area contributed by atoms with Crippen molar-refractivity contribution in [3.63, 3.8) is 0 Å². The summed E-state index contributed by atoms with van der Waals surface area (Å²) in [5.74, 6) is 1.40. The smallest absolute Gasteiger partial charge is 0.191 e. The van der Waals surface area contributed by atoms with Gasteiger partial charge in [-0.1, -0.05) is 19.8 Å². The first-order valence-corrected chi connectivity index (χ1v) is 9.27. The normalized spacial score (nSPS) is 19.8. The molecule has 118 valence electrons. The molecule has 1 fully saturated rings. The van der Waals surface area contributed by atoms with E-state index in [4.69, 9.17) is 0 Å². The molecule has 0 amide bonds. The number of nitrogens with one attached hydrogen (secondary N) is 2. The lowest BCUT2D eigenvalue weighted by atomic mass is 10.2. The van der Waals surface area contributed by atoms with Gasteiger partial charge in [-0.15, -0.1) is 0 Å². The Balaban J connectivity index is 2.13. The Bertz CT molecular complexity index is 381. The van der Waals surface area contributed by atoms with Crippen LogP contribution in [0.2, 0.25) is 0 Å². The maximum atomic E-state index is 11.3. The Morgan fingerprint density at radius 3 is 2.40 bits per heavy atom. The van der Waals surface area contributed by atoms with Gasteiger partial charge < -0.3 is 10.6 Å². The van der Waals surface area contributed by atoms with Gasteiger partial charge in [0.05, 0.1) is 11.5 Å². The van der Waals surface area contributed by atoms with Gasteiger partial charge in [0.2, 0.25) is 0 Å². The predicted octanol–water partition coefficient (Wildman–Crippen LogP) is 0.0720. The Kier molecular flexibility index (Phi) is 7.91. The summed E-state index contributed by atoms with van der Waals surface area (Å²) in [4.78, 5) is 6.35. The molecule has 0 spiro atoms. The van der Waals surface area contributed by atoms with Gasteiger partial charge in [-0.25, -0.2) is 8.42 Å². The summed E-state index contributed by atoms with van der Waals surface area (Å²) in [7, 11) is -1.01. The Hall–Kier alpha value is -0.820. The summed E-state index contributed by atoms with van der Waals surface area (Å²) in [6.45, 7) is 6.05. The number of hydrogen-bond donors (Lipinski definition) is 2. The van der Waals surface area contributed by atoms with Gasteiger partial charge in [-0.3, -0.25) is 9.89 Å². The highest BCUT2D eigenvalue weighted by atomic mass is 32.2. The summed E-state index contributed by atoms with van der Waals surface area (Å²) in [5, 5.41) is 6.54. The zero-order valence-electron chi connectivity index (χ0n) is 12.7. The molecule has 1 aliphatic rings. The molecule has 2 N–H and O–H groups in total. The molecular formula is C13H28N4O2S. The fourth-order valence-electron chi connectivity index (χ4n) is 2.11. The van der Waals surface area contributed by atoms with E-state index in [0.29, 0.717) is 13.1 Å². The number of nitrogens with zero attached hydrogens (tertiary/aromatic N) is 2. The lowest BCUT2D eigenvalue weighted by Gasteiger charge is -2.26. The maximum Gasteiger partial charge on any atom is 0.191 e. The van der Waals surface area contributed by atoms with Crippen LogP contribution in [-0.2, 0) is 9.84 Å². The first-order valence-electron chi connectivity index (χ1n) is 7.44. The van der Waals surface area contributed by atoms with Crippen LogP contribution in [0.5, 0.6) is 0 Å². The third-order valence-electron chi connectivity index (χ3n) is 3.45. The van der Waals surface area contributed by atoms with Crippen LogP contribution in [0.15, 0.2) is 4.99 Å². The van der Waals surface area contributed by atoms with E-state index in [1.54, 1.807) is 7.05 Å². The highest BCUT2D eigenvalue weighted by Gasteiger charge is 2.20. The second-order valence-corrected chi connectivity index (χ2v) is 7.43. The van der Waals surface area contributed by atoms with Crippen molar-refractivity contribution in [2.45, 2.75) is 26.2 Å². The molecule has 1 aliphatic heterocycles. The van der Waals surface area contributed by atoms with Crippen LogP contribution < -0.4 is 10.6 Å². The van der Waals surface area contributed by atoms with E-state index in [9.17, 15) is 8.42 Å². The molecule has 0 aromatic rings. The number of unbranched alkanes of at least 4 members (excludes halogenated alkanes) is 2. The van der Waals surface area contributed by atoms with Crippen LogP contribution in [0.3, 0.4) is 0 Å². The molecule has 0 radical (unpaired) electrons. The van der Waals surface area contributed by atoms with Crippen LogP contribution in [-0.4, -0.2) is 70.6 Å². The highest BCUT2D eigenvalue weighted by Crippen LogP contribution is 2.02. The largest absolute Gasteiger partial charge is 0.356 e. The van der Waals surface area contributed by atoms with Crippen molar-refractivity contribution in [1.82, 2.24) is 15.5 Å². The molecule has 20 heavy (non-hydrogen) atoms. The highest BCUT2D eigenvalue weighted by molar-refractivity contribution is 7.91. The molecule has 0 aromatic carbocycles. The molecule has 0 aromatic heterocycles. The number of aliphatic imine (C=N–C) groups is 1. The zero-order chi connectivity index (χ0) is 14.8. The fourth-order valence-corrected chi connectivity index (χ4v) is 3.39. The quantitative estimate of drug-likeness (QED) is 0.396. The van der Waals surface area contributed by atoms with E-state index < -0.39 is 9.84 Å². The van der Waals surface area contributed by atoms with Crippen molar-refractivity contribution in [3.8, 4) is 0 Å². The van der Waals surface area contributed by atoms with Crippen molar-refractivity contribution in [2.75, 3.05) is 51.3 Å². The number of guanidine groups is 1. The van der Waals surface area contributed by atoms with Gasteiger partial charge in [-0.2, -0.15) is 0 Å². The Labute approximate surface area is 122 Å². The van der Waals surface area contributed by atoms with E-state index in [0.717, 1.165) is 32.0 Å². The number of hydrogen-bond acceptors (Lipinski definition) is 4. The van der Waals surface area contributed by atoms with Gasteiger partial charge in [0.1, 0.15) is 0 Å². The van der Waals surface area contributed by atoms with Gasteiger partial charge in [-0.05, 0) is 6.42 Å². The molecule has 1 heterocycles. The van der Waals surface area contributed by atoms with Crippen LogP contribution in [0.25, 0.3) is 0 Å². The van der Waals surface area contributed by atoms with Crippen molar-refractivity contribution < 1.29 is 8.42 Å². The number of sulfone groups is 1. The molecule has 7 heteroatoms. The minimum atomic E-state index is -2.78. The summed E-state index contributed by atoms with van der Waals surface area (Å²) in [6, 6.07) is 0. The second-order valence-electron chi connectivity index (χ2n) is 5.13. The van der Waals surface area contributed by atoms with Gasteiger partial charge in [0, 0.05) is 39.8 Å². The molecule has 6 nitrogen and oxygen atoms in total. The standard InChI is InChI=1S/C13H28N4O2S/c1-3-4-5-6-15-13(14-2)16-7-8-17-9-11-20(18,19)12-10-17/h3-12H2,1-2H3,(H2,14,15,16). The van der Waals surface area contributed by atoms with Crippen LogP contribution in [0.1, 0.15) is 26.2 Å². The topological polar surface area (TPSA) is 73.8 Å². The third-order valence-corrected chi connectivity index (χ3v) is 5.06. The van der Waals surface area contributed by atoms with Gasteiger partial charge >= 0.3 is 0 Å². The van der Waals surface area contributed by atoms with Gasteiger partial charge in [0.25, 0.3) is 0 Å². The van der Waals surface area contributed by atoms with E-state index in [1.165, 1.54) is 12.8 Å². The lowest BCUT2D eigenvalue weighted by molar-refractivity contribution is 0.299. The molecule has 0 unspecified atom stereocenters. The predicted molar refractivity (Wildman–Crippen MR) is 84.0 cm³/mol. The third kappa shape index (κ3) is 7.09. The summed E-state index contributed by atoms with van der Waals surface area (Å²) < 4.78 is 22.6. The SMILES string of the molecule is CCCCCNC(=NC)NCCN1CCS(=O)(=O)CC1. The molecule has 0 saturated carbocycles. The second kappa shape index (κ2) is 9.18. The van der Waals surface area contributed by atoms with E-state index in [2.05, 4.69) is 27.4 Å². The monoisotopic (exact) mass is 304 g/mol. The van der Waals surface area contributed by atoms with Crippen molar-refractivity contribution in [2.24, 2.45) is 4.99 Å². The van der Waals surface area contributed by atoms with Crippen molar-refractivity contribution in [1.29, 1.82) is 0 Å². The zero-order valence-corrected chi connectivity index (χ0v) is 13.5. The molecular weight excluding hydrogens is 276 g/mol. The minimum absolute atomic E-state index is 0.289. The van der Waals surface area contributed by atoms with Gasteiger partial charge in [0.15, 0.2) is 15.8 Å². The lowest BCUT2D eigenvalue weighted by Crippen LogP contribution is -2.46. The average molecular weight is 304 g/mol. The first kappa shape index (κ1) is 17.2. The number of rotatable bonds is 7. The average Bonchev–Trinajstić information content (AvgIpc) is 2.43. The van der Waals surface area contributed by atoms with E-state index in [-0.39, 0.29) is 11.5 Å². The van der Waals surface area contributed by atoms with Crippen LogP contribution >= 0.6 is 0 Å². The summed E-state index contributed by atoms with van der Waals surface area (Å²) >= 11 is 0. The Morgan fingerprint density at radius 1 is 1.15 bits per heavy atom. The van der Waals surface area contributed by atoms with Crippen molar-refractivity contribution in [3.05, 3.63) is 0 Å². The maximum absolute atomic E-state index is 11.3. The first-order chi connectivity index (χ1) is 9.57. The molecule has 0 atom stereocenters. The molecule has 0 bridgehead atoms. The Morgan fingerprint density at radius 2 is 1.80 bits per heavy atom. The fraction of sp³-hybridized carbons (Fsp3) is 0.923. The van der Waals surface area contributed by atoms with Crippen LogP contribution in [0.4, 0.5) is 0 Å². The molecule has 0 aliphatic carbocycles. The van der Waals surface area contributed by atoms with Crippen molar-refractivity contribution >= 4 is 15.8 Å². The molecule has 1 saturated heterocycles. The minimum Gasteiger partial charge on any atom is -0.356 e. The molecule has 1 rings (SSSR count). The van der Waals surface area contributed by atoms with E-state index >= 15 is 0 Å². The summed E-state index contributed by atoms with van der Waals surface area (Å²) in [6.07, 6.45) is 3.60.